The van der Waals surface area contributed by atoms with Gasteiger partial charge in [-0.15, -0.1) is 0 Å². The molecule has 9 atom stereocenters. The second-order valence-corrected chi connectivity index (χ2v) is 19.2. The predicted molar refractivity (Wildman–Crippen MR) is 261 cm³/mol. The third-order valence-electron chi connectivity index (χ3n) is 10.5. The second-order valence-electron chi connectivity index (χ2n) is 16.6. The highest BCUT2D eigenvalue weighted by Gasteiger charge is 2.54. The van der Waals surface area contributed by atoms with Crippen LogP contribution in [0, 0.1) is 0 Å². The van der Waals surface area contributed by atoms with Crippen LogP contribution in [-0.2, 0) is 41.8 Å². The highest BCUT2D eigenvalue weighted by atomic mass is 31.2. The Morgan fingerprint density at radius 1 is 0.559 bits per heavy atom. The Bertz CT molecular complexity index is 1650. The molecule has 0 aliphatic heterocycles. The van der Waals surface area contributed by atoms with E-state index in [0.29, 0.717) is 32.1 Å². The summed E-state index contributed by atoms with van der Waals surface area (Å²) >= 11 is 0. The van der Waals surface area contributed by atoms with E-state index in [4.69, 9.17) is 18.5 Å². The van der Waals surface area contributed by atoms with Crippen molar-refractivity contribution in [3.8, 4) is 0 Å². The van der Waals surface area contributed by atoms with E-state index in [0.717, 1.165) is 70.6 Å². The van der Waals surface area contributed by atoms with Crippen LogP contribution in [0.3, 0.4) is 0 Å². The minimum atomic E-state index is -5.38. The molecule has 68 heavy (non-hydrogen) atoms. The Morgan fingerprint density at radius 3 is 1.68 bits per heavy atom. The SMILES string of the molecule is CC/C=C\C(O)C/C=C/C=C\C/C=C\C/C=C\CCCC(=O)OC[C@H](COP(=O)(O)O[C@H]1C(O)C(O)C(O)[C@@H](OP(=O)(O)O)C1O)OC(=O)CCCCCCCCC/C=C\C/C=C\CCCCC. The quantitative estimate of drug-likeness (QED) is 0.00944. The zero-order valence-corrected chi connectivity index (χ0v) is 41.9. The molecule has 0 spiro atoms. The van der Waals surface area contributed by atoms with E-state index in [2.05, 4.69) is 35.8 Å². The summed E-state index contributed by atoms with van der Waals surface area (Å²) in [5.41, 5.74) is 0. The van der Waals surface area contributed by atoms with Crippen LogP contribution in [0.5, 0.6) is 0 Å². The maximum Gasteiger partial charge on any atom is 0.472 e. The first-order valence-electron chi connectivity index (χ1n) is 24.2. The lowest BCUT2D eigenvalue weighted by Crippen LogP contribution is -2.64. The van der Waals surface area contributed by atoms with Crippen LogP contribution in [0.2, 0.25) is 0 Å². The number of rotatable bonds is 39. The number of phosphoric ester groups is 2. The summed E-state index contributed by atoms with van der Waals surface area (Å²) in [6.07, 6.45) is 30.2. The number of phosphoric acid groups is 2. The molecular weight excluding hydrogens is 922 g/mol. The molecule has 1 fully saturated rings. The van der Waals surface area contributed by atoms with Gasteiger partial charge in [0, 0.05) is 12.8 Å². The van der Waals surface area contributed by atoms with Crippen molar-refractivity contribution < 1.29 is 82.0 Å². The lowest BCUT2D eigenvalue weighted by Gasteiger charge is -2.43. The van der Waals surface area contributed by atoms with Crippen LogP contribution in [0.4, 0.5) is 0 Å². The first-order valence-corrected chi connectivity index (χ1v) is 27.3. The number of carbonyl (C=O) groups excluding carboxylic acids is 2. The topological polar surface area (TPSA) is 276 Å². The molecule has 0 radical (unpaired) electrons. The van der Waals surface area contributed by atoms with Crippen LogP contribution in [0.25, 0.3) is 0 Å². The standard InChI is InChI=1S/C49H82O17P2/c1-3-5-7-8-9-10-11-12-13-14-15-16-21-24-27-30-33-37-43(52)64-41(39-63-68(60,61)66-49-46(55)44(53)45(54)48(47(49)56)65-67(57,58)59)38-62-42(51)36-32-29-26-23-20-18-17-19-22-25-28-31-35-40(50)34-6-4-2/h6,9-10,12-13,17-18,22-23,25-26,28,31,34,40-41,44-50,53-56H,3-5,7-8,11,14-16,19-21,24,27,29-30,32-33,35-39H2,1-2H3,(H,60,61)(H2,57,58,59)/b10-9-,13-12-,18-17-,25-22-,26-23-,31-28+,34-6-/t40?,41-,44?,45?,46?,47?,48-,49+/m1/s1. The van der Waals surface area contributed by atoms with Gasteiger partial charge >= 0.3 is 27.6 Å². The highest BCUT2D eigenvalue weighted by Crippen LogP contribution is 2.49. The molecule has 0 amide bonds. The second kappa shape index (κ2) is 38.8. The van der Waals surface area contributed by atoms with Crippen molar-refractivity contribution in [3.05, 3.63) is 85.1 Å². The fourth-order valence-corrected chi connectivity index (χ4v) is 8.30. The molecule has 19 heteroatoms. The summed E-state index contributed by atoms with van der Waals surface area (Å²) in [5, 5.41) is 51.0. The van der Waals surface area contributed by atoms with Crippen molar-refractivity contribution in [2.45, 2.75) is 198 Å². The van der Waals surface area contributed by atoms with Gasteiger partial charge in [0.15, 0.2) is 6.10 Å². The maximum atomic E-state index is 13.0. The number of esters is 2. The zero-order chi connectivity index (χ0) is 50.5. The molecule has 8 N–H and O–H groups in total. The normalized spacial score (nSPS) is 22.4. The number of allylic oxidation sites excluding steroid dienone is 12. The first kappa shape index (κ1) is 63.2. The number of aliphatic hydroxyl groups excluding tert-OH is 5. The van der Waals surface area contributed by atoms with Crippen LogP contribution < -0.4 is 0 Å². The lowest BCUT2D eigenvalue weighted by molar-refractivity contribution is -0.216. The zero-order valence-electron chi connectivity index (χ0n) is 40.1. The van der Waals surface area contributed by atoms with Gasteiger partial charge in [0.1, 0.15) is 43.2 Å². The van der Waals surface area contributed by atoms with Gasteiger partial charge < -0.3 is 49.7 Å². The van der Waals surface area contributed by atoms with Crippen LogP contribution in [0.1, 0.15) is 149 Å². The minimum absolute atomic E-state index is 0.00990. The van der Waals surface area contributed by atoms with Crippen molar-refractivity contribution in [3.63, 3.8) is 0 Å². The average Bonchev–Trinajstić information content (AvgIpc) is 3.29. The number of ether oxygens (including phenoxy) is 2. The Labute approximate surface area is 404 Å². The molecule has 1 saturated carbocycles. The summed E-state index contributed by atoms with van der Waals surface area (Å²) in [5.74, 6) is -1.31. The molecule has 390 valence electrons. The van der Waals surface area contributed by atoms with Gasteiger partial charge in [-0.25, -0.2) is 9.13 Å². The van der Waals surface area contributed by atoms with Gasteiger partial charge in [-0.1, -0.05) is 144 Å². The van der Waals surface area contributed by atoms with E-state index in [-0.39, 0.29) is 12.8 Å². The van der Waals surface area contributed by atoms with Crippen molar-refractivity contribution in [2.75, 3.05) is 13.2 Å². The van der Waals surface area contributed by atoms with Crippen molar-refractivity contribution in [1.29, 1.82) is 0 Å². The first-order chi connectivity index (χ1) is 32.5. The number of hydrogen-bond donors (Lipinski definition) is 8. The lowest BCUT2D eigenvalue weighted by atomic mass is 9.85. The van der Waals surface area contributed by atoms with Crippen molar-refractivity contribution in [2.24, 2.45) is 0 Å². The fraction of sp³-hybridized carbons (Fsp3) is 0.673. The number of unbranched alkanes of at least 4 members (excludes halogenated alkanes) is 11. The smallest absolute Gasteiger partial charge is 0.462 e. The Kier molecular flexibility index (Phi) is 36.1. The van der Waals surface area contributed by atoms with E-state index >= 15 is 0 Å². The van der Waals surface area contributed by atoms with Gasteiger partial charge in [0.2, 0.25) is 0 Å². The van der Waals surface area contributed by atoms with E-state index in [1.165, 1.54) is 19.3 Å². The maximum absolute atomic E-state index is 13.0. The van der Waals surface area contributed by atoms with Gasteiger partial charge in [0.05, 0.1) is 12.7 Å². The molecule has 0 aromatic carbocycles. The van der Waals surface area contributed by atoms with E-state index in [9.17, 15) is 58.9 Å². The molecule has 1 rings (SSSR count). The average molecular weight is 1010 g/mol. The Hall–Kier alpha value is -2.86. The summed E-state index contributed by atoms with van der Waals surface area (Å²) in [4.78, 5) is 54.3. The van der Waals surface area contributed by atoms with Crippen LogP contribution >= 0.6 is 15.6 Å². The van der Waals surface area contributed by atoms with E-state index in [1.807, 2.05) is 61.6 Å². The number of hydrogen-bond acceptors (Lipinski definition) is 14. The molecule has 1 aliphatic rings. The molecule has 0 saturated heterocycles. The third-order valence-corrected chi connectivity index (χ3v) is 12.0. The monoisotopic (exact) mass is 1000 g/mol. The summed E-state index contributed by atoms with van der Waals surface area (Å²) in [6.45, 7) is 2.79. The van der Waals surface area contributed by atoms with E-state index < -0.39 is 89.6 Å². The minimum Gasteiger partial charge on any atom is -0.462 e. The van der Waals surface area contributed by atoms with Gasteiger partial charge in [-0.3, -0.25) is 23.2 Å². The molecule has 0 bridgehead atoms. The summed E-state index contributed by atoms with van der Waals surface area (Å²) in [6, 6.07) is 0. The van der Waals surface area contributed by atoms with Crippen LogP contribution in [0.15, 0.2) is 85.1 Å². The molecule has 17 nitrogen and oxygen atoms in total. The summed E-state index contributed by atoms with van der Waals surface area (Å²) in [7, 11) is -10.7. The number of aliphatic hydroxyl groups is 5. The van der Waals surface area contributed by atoms with E-state index in [1.54, 1.807) is 6.08 Å². The largest absolute Gasteiger partial charge is 0.472 e. The molecular formula is C49H82O17P2. The molecule has 6 unspecified atom stereocenters. The number of carbonyl (C=O) groups is 2. The van der Waals surface area contributed by atoms with Gasteiger partial charge in [0.25, 0.3) is 0 Å². The highest BCUT2D eigenvalue weighted by molar-refractivity contribution is 7.47. The molecule has 1 aliphatic carbocycles. The predicted octanol–water partition coefficient (Wildman–Crippen LogP) is 8.36. The van der Waals surface area contributed by atoms with Gasteiger partial charge in [-0.05, 0) is 77.0 Å². The van der Waals surface area contributed by atoms with Gasteiger partial charge in [-0.2, -0.15) is 0 Å². The van der Waals surface area contributed by atoms with Crippen LogP contribution in [-0.4, -0.2) is 114 Å². The molecule has 0 aromatic heterocycles. The van der Waals surface area contributed by atoms with Crippen molar-refractivity contribution in [1.82, 2.24) is 0 Å². The third kappa shape index (κ3) is 32.9. The Morgan fingerprint density at radius 2 is 1.07 bits per heavy atom. The van der Waals surface area contributed by atoms with Crippen molar-refractivity contribution >= 4 is 27.6 Å². The molecule has 0 heterocycles. The summed E-state index contributed by atoms with van der Waals surface area (Å²) < 4.78 is 49.3. The Balaban J connectivity index is 2.64. The molecule has 0 aromatic rings. The fourth-order valence-electron chi connectivity index (χ4n) is 6.76.